The van der Waals surface area contributed by atoms with Crippen LogP contribution < -0.4 is 5.32 Å². The van der Waals surface area contributed by atoms with Crippen molar-refractivity contribution in [3.63, 3.8) is 0 Å². The van der Waals surface area contributed by atoms with E-state index < -0.39 is 6.09 Å². The van der Waals surface area contributed by atoms with E-state index in [1.807, 2.05) is 0 Å². The Labute approximate surface area is 79.3 Å². The molecule has 0 saturated carbocycles. The predicted molar refractivity (Wildman–Crippen MR) is 50.5 cm³/mol. The number of carbonyl (C=O) groups is 1. The zero-order valence-electron chi connectivity index (χ0n) is 8.38. The zero-order chi connectivity index (χ0) is 10.1. The second-order valence-corrected chi connectivity index (χ2v) is 2.92. The van der Waals surface area contributed by atoms with Gasteiger partial charge in [0.25, 0.3) is 0 Å². The molecule has 0 unspecified atom stereocenters. The minimum absolute atomic E-state index is 0.0642. The highest BCUT2D eigenvalue weighted by Crippen LogP contribution is 2.04. The molecule has 0 aromatic heterocycles. The summed E-state index contributed by atoms with van der Waals surface area (Å²) >= 11 is 0. The Morgan fingerprint density at radius 1 is 1.46 bits per heavy atom. The summed E-state index contributed by atoms with van der Waals surface area (Å²) in [6, 6.07) is 0. The normalized spacial score (nSPS) is 10.2. The van der Waals surface area contributed by atoms with Gasteiger partial charge in [0.15, 0.2) is 0 Å². The highest BCUT2D eigenvalue weighted by atomic mass is 16.6. The number of aliphatic hydroxyl groups is 1. The van der Waals surface area contributed by atoms with Crippen LogP contribution in [0.1, 0.15) is 26.7 Å². The van der Waals surface area contributed by atoms with Crippen molar-refractivity contribution in [3.05, 3.63) is 0 Å². The molecule has 0 bridgehead atoms. The van der Waals surface area contributed by atoms with Crippen LogP contribution in [0.5, 0.6) is 0 Å². The third-order valence-electron chi connectivity index (χ3n) is 2.01. The van der Waals surface area contributed by atoms with Crippen LogP contribution in [0.4, 0.5) is 4.79 Å². The summed E-state index contributed by atoms with van der Waals surface area (Å²) in [4.78, 5) is 10.9. The van der Waals surface area contributed by atoms with Crippen molar-refractivity contribution in [1.82, 2.24) is 5.32 Å². The maximum absolute atomic E-state index is 10.9. The van der Waals surface area contributed by atoms with E-state index in [9.17, 15) is 4.79 Å². The number of rotatable bonds is 6. The molecule has 0 aliphatic heterocycles. The summed E-state index contributed by atoms with van der Waals surface area (Å²) in [5.41, 5.74) is 0. The fourth-order valence-electron chi connectivity index (χ4n) is 0.994. The van der Waals surface area contributed by atoms with Crippen LogP contribution in [0, 0.1) is 5.92 Å². The minimum Gasteiger partial charge on any atom is -0.447 e. The maximum atomic E-state index is 10.9. The molecule has 0 saturated heterocycles. The number of nitrogens with one attached hydrogen (secondary N) is 1. The van der Waals surface area contributed by atoms with E-state index in [1.54, 1.807) is 0 Å². The summed E-state index contributed by atoms with van der Waals surface area (Å²) in [6.07, 6.45) is 1.66. The quantitative estimate of drug-likeness (QED) is 0.658. The second-order valence-electron chi connectivity index (χ2n) is 2.92. The molecular weight excluding hydrogens is 170 g/mol. The zero-order valence-corrected chi connectivity index (χ0v) is 8.38. The van der Waals surface area contributed by atoms with Gasteiger partial charge in [0.05, 0.1) is 6.61 Å². The Morgan fingerprint density at radius 2 is 2.08 bits per heavy atom. The van der Waals surface area contributed by atoms with E-state index in [0.29, 0.717) is 12.5 Å². The lowest BCUT2D eigenvalue weighted by Crippen LogP contribution is -2.30. The van der Waals surface area contributed by atoms with Crippen LogP contribution in [0.2, 0.25) is 0 Å². The molecule has 0 atom stereocenters. The van der Waals surface area contributed by atoms with Gasteiger partial charge < -0.3 is 15.2 Å². The van der Waals surface area contributed by atoms with Crippen molar-refractivity contribution < 1.29 is 14.6 Å². The minimum atomic E-state index is -0.444. The molecule has 13 heavy (non-hydrogen) atoms. The monoisotopic (exact) mass is 189 g/mol. The van der Waals surface area contributed by atoms with Crippen LogP contribution in [-0.4, -0.2) is 31.0 Å². The number of hydrogen-bond donors (Lipinski definition) is 2. The van der Waals surface area contributed by atoms with Crippen molar-refractivity contribution in [1.29, 1.82) is 0 Å². The van der Waals surface area contributed by atoms with Crippen molar-refractivity contribution >= 4 is 6.09 Å². The van der Waals surface area contributed by atoms with Gasteiger partial charge in [-0.3, -0.25) is 0 Å². The van der Waals surface area contributed by atoms with E-state index in [2.05, 4.69) is 23.9 Å². The van der Waals surface area contributed by atoms with Gasteiger partial charge in [0, 0.05) is 6.54 Å². The smallest absolute Gasteiger partial charge is 0.407 e. The molecule has 1 amide bonds. The molecule has 78 valence electrons. The summed E-state index contributed by atoms with van der Waals surface area (Å²) in [5.74, 6) is 0.515. The number of amides is 1. The lowest BCUT2D eigenvalue weighted by Gasteiger charge is -2.12. The van der Waals surface area contributed by atoms with E-state index in [1.165, 1.54) is 0 Å². The lowest BCUT2D eigenvalue weighted by atomic mass is 10.0. The molecule has 0 aliphatic carbocycles. The second kappa shape index (κ2) is 7.86. The first-order valence-electron chi connectivity index (χ1n) is 4.76. The average molecular weight is 189 g/mol. The molecule has 2 N–H and O–H groups in total. The molecule has 4 heteroatoms. The van der Waals surface area contributed by atoms with Crippen LogP contribution in [0.3, 0.4) is 0 Å². The number of alkyl carbamates (subject to hydrolysis) is 1. The van der Waals surface area contributed by atoms with E-state index in [4.69, 9.17) is 5.11 Å². The van der Waals surface area contributed by atoms with E-state index in [0.717, 1.165) is 12.8 Å². The molecule has 0 radical (unpaired) electrons. The van der Waals surface area contributed by atoms with Crippen LogP contribution >= 0.6 is 0 Å². The van der Waals surface area contributed by atoms with Crippen molar-refractivity contribution in [3.8, 4) is 0 Å². The first-order valence-corrected chi connectivity index (χ1v) is 4.76. The number of carbonyl (C=O) groups excluding carboxylic acids is 1. The van der Waals surface area contributed by atoms with E-state index in [-0.39, 0.29) is 13.2 Å². The Kier molecular flexibility index (Phi) is 7.39. The topological polar surface area (TPSA) is 58.6 Å². The number of hydrogen-bond acceptors (Lipinski definition) is 3. The van der Waals surface area contributed by atoms with Gasteiger partial charge in [0.1, 0.15) is 6.61 Å². The Hall–Kier alpha value is -0.770. The average Bonchev–Trinajstić information content (AvgIpc) is 2.16. The Balaban J connectivity index is 3.44. The van der Waals surface area contributed by atoms with Crippen LogP contribution in [0.25, 0.3) is 0 Å². The highest BCUT2D eigenvalue weighted by Gasteiger charge is 2.06. The van der Waals surface area contributed by atoms with Crippen LogP contribution in [0.15, 0.2) is 0 Å². The summed E-state index contributed by atoms with van der Waals surface area (Å²) in [5, 5.41) is 11.0. The molecule has 4 nitrogen and oxygen atoms in total. The Bertz CT molecular complexity index is 135. The molecule has 0 aromatic carbocycles. The van der Waals surface area contributed by atoms with Gasteiger partial charge in [-0.05, 0) is 5.92 Å². The first-order chi connectivity index (χ1) is 6.24. The maximum Gasteiger partial charge on any atom is 0.407 e. The summed E-state index contributed by atoms with van der Waals surface area (Å²) in [7, 11) is 0. The molecule has 0 aromatic rings. The van der Waals surface area contributed by atoms with Crippen molar-refractivity contribution in [2.24, 2.45) is 5.92 Å². The summed E-state index contributed by atoms with van der Waals surface area (Å²) < 4.78 is 4.63. The molecule has 0 spiro atoms. The largest absolute Gasteiger partial charge is 0.447 e. The number of aliphatic hydroxyl groups excluding tert-OH is 1. The fraction of sp³-hybridized carbons (Fsp3) is 0.889. The molecule has 0 rings (SSSR count). The first kappa shape index (κ1) is 12.2. The standard InChI is InChI=1S/C9H19NO3/c1-3-8(4-2)7-10-9(12)13-6-5-11/h8,11H,3-7H2,1-2H3,(H,10,12). The van der Waals surface area contributed by atoms with Crippen LogP contribution in [-0.2, 0) is 4.74 Å². The predicted octanol–water partition coefficient (Wildman–Crippen LogP) is 1.14. The van der Waals surface area contributed by atoms with Gasteiger partial charge in [-0.15, -0.1) is 0 Å². The Morgan fingerprint density at radius 3 is 2.54 bits per heavy atom. The molecular formula is C9H19NO3. The molecule has 0 aliphatic rings. The summed E-state index contributed by atoms with van der Waals surface area (Å²) in [6.45, 7) is 4.77. The molecule has 0 fully saturated rings. The SMILES string of the molecule is CCC(CC)CNC(=O)OCCO. The number of ether oxygens (including phenoxy) is 1. The lowest BCUT2D eigenvalue weighted by molar-refractivity contribution is 0.118. The third kappa shape index (κ3) is 6.40. The van der Waals surface area contributed by atoms with Crippen molar-refractivity contribution in [2.45, 2.75) is 26.7 Å². The van der Waals surface area contributed by atoms with Gasteiger partial charge >= 0.3 is 6.09 Å². The van der Waals surface area contributed by atoms with Crippen molar-refractivity contribution in [2.75, 3.05) is 19.8 Å². The fourth-order valence-corrected chi connectivity index (χ4v) is 0.994. The highest BCUT2D eigenvalue weighted by molar-refractivity contribution is 5.67. The van der Waals surface area contributed by atoms with Gasteiger partial charge in [-0.1, -0.05) is 26.7 Å². The third-order valence-corrected chi connectivity index (χ3v) is 2.01. The van der Waals surface area contributed by atoms with Gasteiger partial charge in [0.2, 0.25) is 0 Å². The van der Waals surface area contributed by atoms with Gasteiger partial charge in [-0.25, -0.2) is 4.79 Å². The van der Waals surface area contributed by atoms with Gasteiger partial charge in [-0.2, -0.15) is 0 Å². The van der Waals surface area contributed by atoms with E-state index >= 15 is 0 Å². The molecule has 0 heterocycles.